The van der Waals surface area contributed by atoms with Gasteiger partial charge in [0.1, 0.15) is 5.82 Å². The fourth-order valence-corrected chi connectivity index (χ4v) is 3.50. The summed E-state index contributed by atoms with van der Waals surface area (Å²) in [5.74, 6) is -0.961. The Labute approximate surface area is 169 Å². The Morgan fingerprint density at radius 3 is 2.34 bits per heavy atom. The summed E-state index contributed by atoms with van der Waals surface area (Å²) < 4.78 is 13.4. The van der Waals surface area contributed by atoms with E-state index in [2.05, 4.69) is 10.3 Å². The molecule has 0 saturated carbocycles. The number of hydrogen-bond donors (Lipinski definition) is 1. The van der Waals surface area contributed by atoms with Crippen molar-refractivity contribution in [2.24, 2.45) is 0 Å². The molecule has 0 fully saturated rings. The predicted molar refractivity (Wildman–Crippen MR) is 113 cm³/mol. The predicted octanol–water partition coefficient (Wildman–Crippen LogP) is 4.32. The Kier molecular flexibility index (Phi) is 5.64. The van der Waals surface area contributed by atoms with Gasteiger partial charge in [0.25, 0.3) is 5.91 Å². The van der Waals surface area contributed by atoms with Crippen molar-refractivity contribution in [3.63, 3.8) is 0 Å². The number of pyridine rings is 1. The third-order valence-electron chi connectivity index (χ3n) is 4.87. The third-order valence-corrected chi connectivity index (χ3v) is 4.87. The van der Waals surface area contributed by atoms with Crippen molar-refractivity contribution in [1.82, 2.24) is 9.88 Å². The van der Waals surface area contributed by atoms with Crippen molar-refractivity contribution in [1.29, 1.82) is 0 Å². The van der Waals surface area contributed by atoms with E-state index >= 15 is 0 Å². The van der Waals surface area contributed by atoms with Gasteiger partial charge in [0.15, 0.2) is 0 Å². The molecule has 5 nitrogen and oxygen atoms in total. The Balaban J connectivity index is 1.77. The first-order chi connectivity index (χ1) is 13.7. The molecule has 0 atom stereocenters. The van der Waals surface area contributed by atoms with Gasteiger partial charge in [-0.1, -0.05) is 17.7 Å². The molecule has 0 saturated heterocycles. The molecule has 3 rings (SSSR count). The number of halogens is 1. The molecule has 2 aromatic carbocycles. The molecule has 0 aliphatic rings. The van der Waals surface area contributed by atoms with Gasteiger partial charge in [0.05, 0.1) is 23.3 Å². The number of hydrogen-bond acceptors (Lipinski definition) is 3. The molecular weight excluding hydrogens is 369 g/mol. The number of aryl methyl sites for hydroxylation is 4. The van der Waals surface area contributed by atoms with E-state index in [4.69, 9.17) is 0 Å². The van der Waals surface area contributed by atoms with Gasteiger partial charge in [-0.05, 0) is 57.0 Å². The van der Waals surface area contributed by atoms with Gasteiger partial charge in [-0.25, -0.2) is 4.39 Å². The summed E-state index contributed by atoms with van der Waals surface area (Å²) in [6.45, 7) is 7.50. The monoisotopic (exact) mass is 393 g/mol. The van der Waals surface area contributed by atoms with Crippen LogP contribution in [0.1, 0.15) is 32.7 Å². The summed E-state index contributed by atoms with van der Waals surface area (Å²) in [6.07, 6.45) is 0. The molecule has 0 aliphatic heterocycles. The first-order valence-corrected chi connectivity index (χ1v) is 9.36. The van der Waals surface area contributed by atoms with Gasteiger partial charge >= 0.3 is 0 Å². The lowest BCUT2D eigenvalue weighted by Crippen LogP contribution is -2.35. The molecule has 0 radical (unpaired) electrons. The van der Waals surface area contributed by atoms with Gasteiger partial charge in [-0.3, -0.25) is 14.6 Å². The summed E-state index contributed by atoms with van der Waals surface area (Å²) in [5, 5.41) is 3.57. The quantitative estimate of drug-likeness (QED) is 0.718. The Morgan fingerprint density at radius 1 is 1.03 bits per heavy atom. The van der Waals surface area contributed by atoms with Crippen LogP contribution in [0, 0.1) is 33.5 Å². The lowest BCUT2D eigenvalue weighted by molar-refractivity contribution is -0.116. The zero-order chi connectivity index (χ0) is 21.3. The van der Waals surface area contributed by atoms with Gasteiger partial charge in [-0.2, -0.15) is 0 Å². The highest BCUT2D eigenvalue weighted by Crippen LogP contribution is 2.22. The average molecular weight is 393 g/mol. The second kappa shape index (κ2) is 7.99. The molecule has 1 N–H and O–H groups in total. The van der Waals surface area contributed by atoms with E-state index in [0.717, 1.165) is 22.4 Å². The fraction of sp³-hybridized carbons (Fsp3) is 0.261. The van der Waals surface area contributed by atoms with E-state index in [-0.39, 0.29) is 24.2 Å². The number of aromatic nitrogens is 1. The van der Waals surface area contributed by atoms with Crippen molar-refractivity contribution < 1.29 is 14.0 Å². The van der Waals surface area contributed by atoms with E-state index in [1.165, 1.54) is 17.0 Å². The standard InChI is InChI=1S/C23H24FN3O2/c1-13-8-14(2)22(15(3)9-13)26-21(28)12-27(5)23(29)19-10-17-6-7-18(24)11-20(17)25-16(19)4/h6-11H,12H2,1-5H3,(H,26,28). The van der Waals surface area contributed by atoms with Crippen LogP contribution >= 0.6 is 0 Å². The summed E-state index contributed by atoms with van der Waals surface area (Å²) in [4.78, 5) is 31.1. The summed E-state index contributed by atoms with van der Waals surface area (Å²) in [6, 6.07) is 9.94. The van der Waals surface area contributed by atoms with Crippen LogP contribution in [0.25, 0.3) is 10.9 Å². The molecule has 1 aromatic heterocycles. The van der Waals surface area contributed by atoms with Gasteiger partial charge in [0.2, 0.25) is 5.91 Å². The van der Waals surface area contributed by atoms with Crippen LogP contribution in [0.5, 0.6) is 0 Å². The van der Waals surface area contributed by atoms with Crippen LogP contribution in [0.2, 0.25) is 0 Å². The minimum atomic E-state index is -0.376. The number of carbonyl (C=O) groups excluding carboxylic acids is 2. The number of benzene rings is 2. The van der Waals surface area contributed by atoms with Crippen molar-refractivity contribution in [3.05, 3.63) is 70.2 Å². The van der Waals surface area contributed by atoms with E-state index in [1.54, 1.807) is 26.1 Å². The van der Waals surface area contributed by atoms with Crippen molar-refractivity contribution >= 4 is 28.4 Å². The fourth-order valence-electron chi connectivity index (χ4n) is 3.50. The second-order valence-corrected chi connectivity index (χ2v) is 7.44. The molecule has 0 spiro atoms. The highest BCUT2D eigenvalue weighted by molar-refractivity contribution is 6.02. The smallest absolute Gasteiger partial charge is 0.255 e. The van der Waals surface area contributed by atoms with Crippen molar-refractivity contribution in [2.75, 3.05) is 18.9 Å². The Morgan fingerprint density at radius 2 is 1.69 bits per heavy atom. The largest absolute Gasteiger partial charge is 0.332 e. The Hall–Kier alpha value is -3.28. The maximum atomic E-state index is 13.4. The summed E-state index contributed by atoms with van der Waals surface area (Å²) in [5.41, 5.74) is 5.23. The maximum Gasteiger partial charge on any atom is 0.255 e. The van der Waals surface area contributed by atoms with Crippen molar-refractivity contribution in [2.45, 2.75) is 27.7 Å². The van der Waals surface area contributed by atoms with E-state index in [9.17, 15) is 14.0 Å². The number of carbonyl (C=O) groups is 2. The van der Waals surface area contributed by atoms with Gasteiger partial charge in [0, 0.05) is 24.2 Å². The summed E-state index contributed by atoms with van der Waals surface area (Å²) in [7, 11) is 1.57. The zero-order valence-corrected chi connectivity index (χ0v) is 17.3. The van der Waals surface area contributed by atoms with E-state index < -0.39 is 0 Å². The molecule has 29 heavy (non-hydrogen) atoms. The number of likely N-dealkylation sites (N-methyl/N-ethyl adjacent to an activating group) is 1. The topological polar surface area (TPSA) is 62.3 Å². The number of nitrogens with zero attached hydrogens (tertiary/aromatic N) is 2. The maximum absolute atomic E-state index is 13.4. The number of rotatable bonds is 4. The van der Waals surface area contributed by atoms with Gasteiger partial charge in [-0.15, -0.1) is 0 Å². The second-order valence-electron chi connectivity index (χ2n) is 7.44. The zero-order valence-electron chi connectivity index (χ0n) is 17.3. The first-order valence-electron chi connectivity index (χ1n) is 9.36. The molecule has 6 heteroatoms. The number of amides is 2. The van der Waals surface area contributed by atoms with Crippen LogP contribution in [0.3, 0.4) is 0 Å². The molecule has 150 valence electrons. The van der Waals surface area contributed by atoms with Crippen LogP contribution in [-0.4, -0.2) is 35.3 Å². The van der Waals surface area contributed by atoms with Crippen LogP contribution in [0.15, 0.2) is 36.4 Å². The highest BCUT2D eigenvalue weighted by Gasteiger charge is 2.19. The number of nitrogens with one attached hydrogen (secondary N) is 1. The summed E-state index contributed by atoms with van der Waals surface area (Å²) >= 11 is 0. The lowest BCUT2D eigenvalue weighted by atomic mass is 10.1. The molecule has 0 bridgehead atoms. The molecule has 3 aromatic rings. The molecule has 2 amide bonds. The molecule has 0 unspecified atom stereocenters. The molecular formula is C23H24FN3O2. The molecule has 0 aliphatic carbocycles. The third kappa shape index (κ3) is 4.42. The molecule has 1 heterocycles. The van der Waals surface area contributed by atoms with Crippen molar-refractivity contribution in [3.8, 4) is 0 Å². The number of fused-ring (bicyclic) bond motifs is 1. The van der Waals surface area contributed by atoms with Crippen LogP contribution in [-0.2, 0) is 4.79 Å². The van der Waals surface area contributed by atoms with E-state index in [1.807, 2.05) is 32.9 Å². The lowest BCUT2D eigenvalue weighted by Gasteiger charge is -2.19. The highest BCUT2D eigenvalue weighted by atomic mass is 19.1. The minimum Gasteiger partial charge on any atom is -0.332 e. The van der Waals surface area contributed by atoms with E-state index in [0.29, 0.717) is 22.2 Å². The Bertz CT molecular complexity index is 1100. The number of anilines is 1. The van der Waals surface area contributed by atoms with Crippen LogP contribution < -0.4 is 5.32 Å². The first kappa shape index (κ1) is 20.5. The van der Waals surface area contributed by atoms with Gasteiger partial charge < -0.3 is 10.2 Å². The van der Waals surface area contributed by atoms with Crippen LogP contribution in [0.4, 0.5) is 10.1 Å². The minimum absolute atomic E-state index is 0.0908. The normalized spacial score (nSPS) is 10.8. The SMILES string of the molecule is Cc1cc(C)c(NC(=O)CN(C)C(=O)c2cc3ccc(F)cc3nc2C)c(C)c1. The average Bonchev–Trinajstić information content (AvgIpc) is 2.63.